The second kappa shape index (κ2) is 5.36. The average Bonchev–Trinajstić information content (AvgIpc) is 2.40. The molecule has 2 aromatic rings. The van der Waals surface area contributed by atoms with Crippen LogP contribution in [-0.2, 0) is 9.84 Å². The van der Waals surface area contributed by atoms with Gasteiger partial charge in [0.2, 0.25) is 0 Å². The van der Waals surface area contributed by atoms with Crippen LogP contribution in [0.1, 0.15) is 18.4 Å². The standard InChI is InChI=1S/C15H16O2S/c1-13(14-8-4-2-5-9-14)12-18(16,17)15-10-6-3-7-11-15/h2-11,13H,12H2,1H3/t13-/m1/s1. The fraction of sp³-hybridized carbons (Fsp3) is 0.200. The Hall–Kier alpha value is -1.61. The molecule has 0 aromatic heterocycles. The highest BCUT2D eigenvalue weighted by Gasteiger charge is 2.18. The summed E-state index contributed by atoms with van der Waals surface area (Å²) in [7, 11) is -3.21. The molecular weight excluding hydrogens is 244 g/mol. The molecule has 0 saturated heterocycles. The molecule has 0 saturated carbocycles. The second-order valence-electron chi connectivity index (χ2n) is 4.41. The molecule has 18 heavy (non-hydrogen) atoms. The fourth-order valence-corrected chi connectivity index (χ4v) is 3.55. The predicted octanol–water partition coefficient (Wildman–Crippen LogP) is 3.26. The number of sulfone groups is 1. The highest BCUT2D eigenvalue weighted by molar-refractivity contribution is 7.91. The van der Waals surface area contributed by atoms with Gasteiger partial charge >= 0.3 is 0 Å². The van der Waals surface area contributed by atoms with E-state index in [-0.39, 0.29) is 11.7 Å². The summed E-state index contributed by atoms with van der Waals surface area (Å²) in [5.41, 5.74) is 1.05. The van der Waals surface area contributed by atoms with E-state index in [1.54, 1.807) is 24.3 Å². The van der Waals surface area contributed by atoms with Crippen molar-refractivity contribution in [3.63, 3.8) is 0 Å². The molecular formula is C15H16O2S. The van der Waals surface area contributed by atoms with Gasteiger partial charge < -0.3 is 0 Å². The molecule has 94 valence electrons. The molecule has 0 aliphatic carbocycles. The molecule has 0 amide bonds. The third-order valence-corrected chi connectivity index (χ3v) is 4.87. The van der Waals surface area contributed by atoms with Gasteiger partial charge in [-0.15, -0.1) is 0 Å². The molecule has 0 spiro atoms. The van der Waals surface area contributed by atoms with E-state index in [0.29, 0.717) is 4.90 Å². The molecule has 1 atom stereocenters. The maximum atomic E-state index is 12.2. The summed E-state index contributed by atoms with van der Waals surface area (Å²) in [5, 5.41) is 0. The van der Waals surface area contributed by atoms with E-state index in [1.165, 1.54) is 0 Å². The van der Waals surface area contributed by atoms with Crippen LogP contribution < -0.4 is 0 Å². The molecule has 0 aliphatic rings. The lowest BCUT2D eigenvalue weighted by atomic mass is 10.0. The van der Waals surface area contributed by atoms with Crippen molar-refractivity contribution in [3.05, 3.63) is 66.2 Å². The molecule has 0 heterocycles. The minimum Gasteiger partial charge on any atom is -0.224 e. The molecule has 0 radical (unpaired) electrons. The maximum Gasteiger partial charge on any atom is 0.178 e. The van der Waals surface area contributed by atoms with E-state index in [1.807, 2.05) is 43.3 Å². The summed E-state index contributed by atoms with van der Waals surface area (Å²) in [6, 6.07) is 18.3. The number of hydrogen-bond donors (Lipinski definition) is 0. The van der Waals surface area contributed by atoms with Crippen molar-refractivity contribution in [2.45, 2.75) is 17.7 Å². The normalized spacial score (nSPS) is 13.2. The van der Waals surface area contributed by atoms with Crippen LogP contribution >= 0.6 is 0 Å². The van der Waals surface area contributed by atoms with E-state index in [9.17, 15) is 8.42 Å². The lowest BCUT2D eigenvalue weighted by molar-refractivity contribution is 0.590. The van der Waals surface area contributed by atoms with Crippen molar-refractivity contribution >= 4 is 9.84 Å². The smallest absolute Gasteiger partial charge is 0.178 e. The molecule has 0 aliphatic heterocycles. The molecule has 0 bridgehead atoms. The van der Waals surface area contributed by atoms with Crippen molar-refractivity contribution in [1.29, 1.82) is 0 Å². The Morgan fingerprint density at radius 3 is 1.94 bits per heavy atom. The van der Waals surface area contributed by atoms with Gasteiger partial charge in [0.05, 0.1) is 10.6 Å². The van der Waals surface area contributed by atoms with Crippen LogP contribution in [0.2, 0.25) is 0 Å². The first-order valence-corrected chi connectivity index (χ1v) is 7.57. The summed E-state index contributed by atoms with van der Waals surface area (Å²) in [6.07, 6.45) is 0. The van der Waals surface area contributed by atoms with Crippen LogP contribution in [-0.4, -0.2) is 14.2 Å². The van der Waals surface area contributed by atoms with Gasteiger partial charge in [0.1, 0.15) is 0 Å². The fourth-order valence-electron chi connectivity index (χ4n) is 1.93. The van der Waals surface area contributed by atoms with Gasteiger partial charge in [0.25, 0.3) is 0 Å². The minimum absolute atomic E-state index is 0.00333. The van der Waals surface area contributed by atoms with Gasteiger partial charge in [-0.05, 0) is 23.6 Å². The van der Waals surface area contributed by atoms with E-state index in [4.69, 9.17) is 0 Å². The lowest BCUT2D eigenvalue weighted by Gasteiger charge is -2.12. The average molecular weight is 260 g/mol. The van der Waals surface area contributed by atoms with Crippen LogP contribution in [0.3, 0.4) is 0 Å². The van der Waals surface area contributed by atoms with Crippen LogP contribution in [0.4, 0.5) is 0 Å². The van der Waals surface area contributed by atoms with Crippen molar-refractivity contribution in [1.82, 2.24) is 0 Å². The first-order valence-electron chi connectivity index (χ1n) is 5.92. The minimum atomic E-state index is -3.21. The van der Waals surface area contributed by atoms with Crippen LogP contribution in [0.25, 0.3) is 0 Å². The summed E-state index contributed by atoms with van der Waals surface area (Å²) in [6.45, 7) is 1.94. The second-order valence-corrected chi connectivity index (χ2v) is 6.44. The van der Waals surface area contributed by atoms with Crippen molar-refractivity contribution < 1.29 is 8.42 Å². The highest BCUT2D eigenvalue weighted by atomic mass is 32.2. The highest BCUT2D eigenvalue weighted by Crippen LogP contribution is 2.21. The van der Waals surface area contributed by atoms with Crippen LogP contribution in [0.5, 0.6) is 0 Å². The topological polar surface area (TPSA) is 34.1 Å². The Balaban J connectivity index is 2.20. The Bertz CT molecular complexity index is 589. The first-order chi connectivity index (χ1) is 8.59. The Kier molecular flexibility index (Phi) is 3.82. The van der Waals surface area contributed by atoms with Crippen molar-refractivity contribution in [2.24, 2.45) is 0 Å². The molecule has 3 heteroatoms. The third kappa shape index (κ3) is 2.99. The van der Waals surface area contributed by atoms with Crippen LogP contribution in [0.15, 0.2) is 65.6 Å². The SMILES string of the molecule is C[C@H](CS(=O)(=O)c1ccccc1)c1ccccc1. The summed E-state index contributed by atoms with van der Waals surface area (Å²) >= 11 is 0. The van der Waals surface area contributed by atoms with E-state index < -0.39 is 9.84 Å². The predicted molar refractivity (Wildman–Crippen MR) is 73.4 cm³/mol. The largest absolute Gasteiger partial charge is 0.224 e. The van der Waals surface area contributed by atoms with Gasteiger partial charge in [-0.1, -0.05) is 55.5 Å². The van der Waals surface area contributed by atoms with E-state index >= 15 is 0 Å². The zero-order valence-corrected chi connectivity index (χ0v) is 11.1. The van der Waals surface area contributed by atoms with Gasteiger partial charge in [0.15, 0.2) is 9.84 Å². The van der Waals surface area contributed by atoms with Crippen LogP contribution in [0, 0.1) is 0 Å². The van der Waals surface area contributed by atoms with Gasteiger partial charge in [-0.25, -0.2) is 8.42 Å². The molecule has 0 N–H and O–H groups in total. The summed E-state index contributed by atoms with van der Waals surface area (Å²) in [5.74, 6) is 0.137. The molecule has 2 nitrogen and oxygen atoms in total. The zero-order valence-electron chi connectivity index (χ0n) is 10.3. The zero-order chi connectivity index (χ0) is 13.0. The Labute approximate surface area is 108 Å². The van der Waals surface area contributed by atoms with E-state index in [2.05, 4.69) is 0 Å². The van der Waals surface area contributed by atoms with E-state index in [0.717, 1.165) is 5.56 Å². The Morgan fingerprint density at radius 2 is 1.39 bits per heavy atom. The maximum absolute atomic E-state index is 12.2. The molecule has 2 aromatic carbocycles. The number of hydrogen-bond acceptors (Lipinski definition) is 2. The number of benzene rings is 2. The molecule has 2 rings (SSSR count). The molecule has 0 fully saturated rings. The van der Waals surface area contributed by atoms with Gasteiger partial charge in [-0.3, -0.25) is 0 Å². The quantitative estimate of drug-likeness (QED) is 0.845. The third-order valence-electron chi connectivity index (χ3n) is 2.94. The lowest BCUT2D eigenvalue weighted by Crippen LogP contribution is -2.12. The van der Waals surface area contributed by atoms with Crippen molar-refractivity contribution in [2.75, 3.05) is 5.75 Å². The Morgan fingerprint density at radius 1 is 0.889 bits per heavy atom. The summed E-state index contributed by atoms with van der Waals surface area (Å²) in [4.78, 5) is 0.396. The van der Waals surface area contributed by atoms with Gasteiger partial charge in [-0.2, -0.15) is 0 Å². The summed E-state index contributed by atoms with van der Waals surface area (Å²) < 4.78 is 24.4. The first kappa shape index (κ1) is 12.8. The monoisotopic (exact) mass is 260 g/mol. The van der Waals surface area contributed by atoms with Gasteiger partial charge in [0, 0.05) is 0 Å². The number of rotatable bonds is 4. The van der Waals surface area contributed by atoms with Crippen molar-refractivity contribution in [3.8, 4) is 0 Å². The molecule has 0 unspecified atom stereocenters.